The smallest absolute Gasteiger partial charge is 0.256 e. The predicted molar refractivity (Wildman–Crippen MR) is 109 cm³/mol. The van der Waals surface area contributed by atoms with Crippen LogP contribution in [0.4, 0.5) is 10.1 Å². The highest BCUT2D eigenvalue weighted by molar-refractivity contribution is 6.35. The molecule has 1 aromatic carbocycles. The molecule has 0 saturated heterocycles. The highest BCUT2D eigenvalue weighted by Gasteiger charge is 2.27. The van der Waals surface area contributed by atoms with E-state index >= 15 is 0 Å². The molecule has 2 heterocycles. The minimum absolute atomic E-state index is 0.243. The standard InChI is InChI=1S/C21H25FN4O3/c1-5-26(29)9-8-23-21(28)19-12(2)18(25(4)13(19)3)11-16-15-10-14(22)6-7-17(15)24-20(16)27/h6-7,10-11,29H,5,8-9H2,1-4H3,(H,23,28)(H,24,27)/b16-11-. The molecular formula is C21H25FN4O3. The Kier molecular flexibility index (Phi) is 5.86. The van der Waals surface area contributed by atoms with Gasteiger partial charge < -0.3 is 20.4 Å². The summed E-state index contributed by atoms with van der Waals surface area (Å²) in [6.07, 6.45) is 1.69. The van der Waals surface area contributed by atoms with Crippen LogP contribution in [0.2, 0.25) is 0 Å². The molecule has 0 bridgehead atoms. The molecule has 0 atom stereocenters. The maximum Gasteiger partial charge on any atom is 0.256 e. The van der Waals surface area contributed by atoms with E-state index in [0.29, 0.717) is 47.7 Å². The molecule has 8 heteroatoms. The molecule has 1 aliphatic heterocycles. The Morgan fingerprint density at radius 3 is 2.79 bits per heavy atom. The molecule has 7 nitrogen and oxygen atoms in total. The van der Waals surface area contributed by atoms with Crippen molar-refractivity contribution in [2.75, 3.05) is 25.0 Å². The van der Waals surface area contributed by atoms with Crippen molar-refractivity contribution in [2.24, 2.45) is 7.05 Å². The number of hydrogen-bond donors (Lipinski definition) is 3. The number of hydrogen-bond acceptors (Lipinski definition) is 4. The first kappa shape index (κ1) is 20.8. The summed E-state index contributed by atoms with van der Waals surface area (Å²) in [7, 11) is 1.82. The van der Waals surface area contributed by atoms with E-state index in [4.69, 9.17) is 0 Å². The van der Waals surface area contributed by atoms with Gasteiger partial charge in [0.2, 0.25) is 0 Å². The van der Waals surface area contributed by atoms with Crippen LogP contribution in [0.1, 0.15) is 39.8 Å². The Labute approximate surface area is 168 Å². The highest BCUT2D eigenvalue weighted by Crippen LogP contribution is 2.35. The predicted octanol–water partition coefficient (Wildman–Crippen LogP) is 2.71. The number of benzene rings is 1. The molecular weight excluding hydrogens is 375 g/mol. The number of nitrogens with one attached hydrogen (secondary N) is 2. The number of likely N-dealkylation sites (N-methyl/N-ethyl adjacent to an activating group) is 1. The van der Waals surface area contributed by atoms with Crippen molar-refractivity contribution >= 4 is 29.2 Å². The second kappa shape index (κ2) is 8.18. The topological polar surface area (TPSA) is 86.6 Å². The third kappa shape index (κ3) is 3.94. The van der Waals surface area contributed by atoms with Crippen molar-refractivity contribution in [3.8, 4) is 0 Å². The number of carbonyl (C=O) groups excluding carboxylic acids is 2. The van der Waals surface area contributed by atoms with Crippen LogP contribution in [0.25, 0.3) is 11.6 Å². The fourth-order valence-electron chi connectivity index (χ4n) is 3.52. The molecule has 29 heavy (non-hydrogen) atoms. The second-order valence-corrected chi connectivity index (χ2v) is 7.03. The van der Waals surface area contributed by atoms with Gasteiger partial charge in [0.15, 0.2) is 0 Å². The molecule has 154 valence electrons. The number of rotatable bonds is 6. The van der Waals surface area contributed by atoms with E-state index in [9.17, 15) is 19.2 Å². The van der Waals surface area contributed by atoms with Crippen LogP contribution in [0.15, 0.2) is 18.2 Å². The molecule has 2 amide bonds. The summed E-state index contributed by atoms with van der Waals surface area (Å²) in [5.74, 6) is -0.972. The average Bonchev–Trinajstić information content (AvgIpc) is 3.09. The summed E-state index contributed by atoms with van der Waals surface area (Å²) in [6.45, 7) is 6.57. The van der Waals surface area contributed by atoms with Gasteiger partial charge in [0, 0.05) is 49.3 Å². The maximum atomic E-state index is 13.7. The Hall–Kier alpha value is -2.97. The van der Waals surface area contributed by atoms with Crippen LogP contribution in [-0.2, 0) is 11.8 Å². The van der Waals surface area contributed by atoms with Crippen LogP contribution >= 0.6 is 0 Å². The number of fused-ring (bicyclic) bond motifs is 1. The van der Waals surface area contributed by atoms with Gasteiger partial charge in [-0.25, -0.2) is 4.39 Å². The third-order valence-corrected chi connectivity index (χ3v) is 5.28. The summed E-state index contributed by atoms with van der Waals surface area (Å²) in [5.41, 5.74) is 4.13. The quantitative estimate of drug-likeness (QED) is 0.514. The molecule has 3 N–H and O–H groups in total. The lowest BCUT2D eigenvalue weighted by atomic mass is 10.0. The summed E-state index contributed by atoms with van der Waals surface area (Å²) in [4.78, 5) is 25.1. The molecule has 0 spiro atoms. The Bertz CT molecular complexity index is 1010. The minimum Gasteiger partial charge on any atom is -0.351 e. The fraction of sp³-hybridized carbons (Fsp3) is 0.333. The van der Waals surface area contributed by atoms with Crippen molar-refractivity contribution in [1.82, 2.24) is 14.9 Å². The van der Waals surface area contributed by atoms with Gasteiger partial charge in [-0.15, -0.1) is 0 Å². The first-order valence-electron chi connectivity index (χ1n) is 9.45. The second-order valence-electron chi connectivity index (χ2n) is 7.03. The van der Waals surface area contributed by atoms with Crippen LogP contribution in [0, 0.1) is 19.7 Å². The molecule has 2 aromatic rings. The van der Waals surface area contributed by atoms with Gasteiger partial charge in [-0.05, 0) is 43.7 Å². The van der Waals surface area contributed by atoms with Crippen LogP contribution in [-0.4, -0.2) is 46.3 Å². The zero-order valence-corrected chi connectivity index (χ0v) is 17.0. The van der Waals surface area contributed by atoms with Crippen molar-refractivity contribution in [2.45, 2.75) is 20.8 Å². The lowest BCUT2D eigenvalue weighted by Gasteiger charge is -2.12. The molecule has 0 radical (unpaired) electrons. The zero-order chi connectivity index (χ0) is 21.3. The molecule has 3 rings (SSSR count). The van der Waals surface area contributed by atoms with Gasteiger partial charge in [0.1, 0.15) is 5.82 Å². The molecule has 0 saturated carbocycles. The normalized spacial score (nSPS) is 14.4. The van der Waals surface area contributed by atoms with Gasteiger partial charge in [0.25, 0.3) is 11.8 Å². The van der Waals surface area contributed by atoms with E-state index < -0.39 is 5.82 Å². The summed E-state index contributed by atoms with van der Waals surface area (Å²) in [5, 5.41) is 16.1. The Balaban J connectivity index is 1.94. The van der Waals surface area contributed by atoms with E-state index in [1.165, 1.54) is 18.2 Å². The first-order chi connectivity index (χ1) is 13.7. The molecule has 0 aliphatic carbocycles. The number of aromatic nitrogens is 1. The number of hydroxylamine groups is 2. The molecule has 0 unspecified atom stereocenters. The molecule has 1 aliphatic rings. The van der Waals surface area contributed by atoms with Crippen molar-refractivity contribution in [3.05, 3.63) is 52.1 Å². The Morgan fingerprint density at radius 1 is 1.38 bits per heavy atom. The SMILES string of the molecule is CCN(O)CCNC(=O)c1c(C)c(/C=C2\C(=O)Nc3ccc(F)cc32)n(C)c1C. The third-order valence-electron chi connectivity index (χ3n) is 5.28. The lowest BCUT2D eigenvalue weighted by molar-refractivity contribution is -0.110. The van der Waals surface area contributed by atoms with Gasteiger partial charge in [-0.3, -0.25) is 9.59 Å². The summed E-state index contributed by atoms with van der Waals surface area (Å²) >= 11 is 0. The van der Waals surface area contributed by atoms with Crippen LogP contribution in [0.3, 0.4) is 0 Å². The van der Waals surface area contributed by atoms with Crippen LogP contribution in [0.5, 0.6) is 0 Å². The maximum absolute atomic E-state index is 13.7. The van der Waals surface area contributed by atoms with Crippen molar-refractivity contribution in [3.63, 3.8) is 0 Å². The highest BCUT2D eigenvalue weighted by atomic mass is 19.1. The number of halogens is 1. The summed E-state index contributed by atoms with van der Waals surface area (Å²) in [6, 6.07) is 4.16. The summed E-state index contributed by atoms with van der Waals surface area (Å²) < 4.78 is 15.5. The number of amides is 2. The van der Waals surface area contributed by atoms with E-state index in [1.807, 2.05) is 32.4 Å². The molecule has 0 fully saturated rings. The van der Waals surface area contributed by atoms with Crippen molar-refractivity contribution in [1.29, 1.82) is 0 Å². The zero-order valence-electron chi connectivity index (χ0n) is 17.0. The first-order valence-corrected chi connectivity index (χ1v) is 9.45. The molecule has 1 aromatic heterocycles. The number of carbonyl (C=O) groups is 2. The van der Waals surface area contributed by atoms with Gasteiger partial charge >= 0.3 is 0 Å². The number of nitrogens with zero attached hydrogens (tertiary/aromatic N) is 2. The lowest BCUT2D eigenvalue weighted by Crippen LogP contribution is -2.33. The monoisotopic (exact) mass is 400 g/mol. The van der Waals surface area contributed by atoms with Gasteiger partial charge in [-0.2, -0.15) is 5.06 Å². The fourth-order valence-corrected chi connectivity index (χ4v) is 3.52. The van der Waals surface area contributed by atoms with E-state index in [2.05, 4.69) is 10.6 Å². The van der Waals surface area contributed by atoms with E-state index in [1.54, 1.807) is 6.08 Å². The van der Waals surface area contributed by atoms with Crippen molar-refractivity contribution < 1.29 is 19.2 Å². The number of anilines is 1. The largest absolute Gasteiger partial charge is 0.351 e. The van der Waals surface area contributed by atoms with E-state index in [0.717, 1.165) is 16.3 Å². The van der Waals surface area contributed by atoms with Gasteiger partial charge in [0.05, 0.1) is 11.1 Å². The van der Waals surface area contributed by atoms with Crippen LogP contribution < -0.4 is 10.6 Å². The minimum atomic E-state index is -0.420. The van der Waals surface area contributed by atoms with E-state index in [-0.39, 0.29) is 11.8 Å². The van der Waals surface area contributed by atoms with Gasteiger partial charge in [-0.1, -0.05) is 6.92 Å². The average molecular weight is 400 g/mol. The Morgan fingerprint density at radius 2 is 2.10 bits per heavy atom.